The number of carboxylic acid groups (broad SMARTS) is 1. The Balaban J connectivity index is 2.47. The molecule has 14 heavy (non-hydrogen) atoms. The number of carbonyl (C=O) groups is 1. The van der Waals surface area contributed by atoms with Crippen molar-refractivity contribution in [3.05, 3.63) is 23.8 Å². The zero-order chi connectivity index (χ0) is 10.2. The number of aromatic nitrogens is 2. The molecule has 0 saturated heterocycles. The Labute approximate surface area is 82.0 Å². The molecular formula is C10H12N2O2. The smallest absolute Gasteiger partial charge is 0.339 e. The Kier molecular flexibility index (Phi) is 1.98. The van der Waals surface area contributed by atoms with Crippen LogP contribution in [0.3, 0.4) is 0 Å². The highest BCUT2D eigenvalue weighted by Crippen LogP contribution is 2.50. The molecule has 0 aromatic carbocycles. The van der Waals surface area contributed by atoms with Gasteiger partial charge in [-0.15, -0.1) is 0 Å². The van der Waals surface area contributed by atoms with Gasteiger partial charge >= 0.3 is 5.97 Å². The summed E-state index contributed by atoms with van der Waals surface area (Å²) in [6, 6.07) is 0. The topological polar surface area (TPSA) is 63.1 Å². The first-order valence-corrected chi connectivity index (χ1v) is 4.73. The zero-order valence-electron chi connectivity index (χ0n) is 8.03. The van der Waals surface area contributed by atoms with Crippen LogP contribution < -0.4 is 0 Å². The van der Waals surface area contributed by atoms with Gasteiger partial charge in [-0.1, -0.05) is 6.92 Å². The van der Waals surface area contributed by atoms with Crippen LogP contribution in [0.15, 0.2) is 12.5 Å². The standard InChI is InChI=1S/C10H12N2O2/c1-2-10(3-4-10)8-7(9(13)14)5-11-6-12-8/h5-6H,2-4H2,1H3,(H,13,14). The summed E-state index contributed by atoms with van der Waals surface area (Å²) in [6.45, 7) is 2.07. The van der Waals surface area contributed by atoms with Crippen molar-refractivity contribution in [2.45, 2.75) is 31.6 Å². The zero-order valence-corrected chi connectivity index (χ0v) is 8.03. The number of hydrogen-bond acceptors (Lipinski definition) is 3. The van der Waals surface area contributed by atoms with Crippen LogP contribution in [0.4, 0.5) is 0 Å². The molecule has 0 atom stereocenters. The largest absolute Gasteiger partial charge is 0.478 e. The molecule has 1 aromatic rings. The molecule has 1 N–H and O–H groups in total. The molecule has 74 valence electrons. The molecule has 0 amide bonds. The van der Waals surface area contributed by atoms with Crippen molar-refractivity contribution >= 4 is 5.97 Å². The summed E-state index contributed by atoms with van der Waals surface area (Å²) >= 11 is 0. The molecule has 0 spiro atoms. The van der Waals surface area contributed by atoms with Crippen LogP contribution in [-0.2, 0) is 5.41 Å². The number of nitrogens with zero attached hydrogens (tertiary/aromatic N) is 2. The molecule has 4 heteroatoms. The van der Waals surface area contributed by atoms with E-state index in [-0.39, 0.29) is 11.0 Å². The fourth-order valence-electron chi connectivity index (χ4n) is 1.82. The normalized spacial score (nSPS) is 17.8. The lowest BCUT2D eigenvalue weighted by atomic mass is 9.95. The average molecular weight is 192 g/mol. The lowest BCUT2D eigenvalue weighted by Gasteiger charge is -2.13. The van der Waals surface area contributed by atoms with E-state index >= 15 is 0 Å². The molecule has 2 rings (SSSR count). The minimum absolute atomic E-state index is 0.0245. The molecule has 1 aliphatic rings. The molecule has 1 heterocycles. The Bertz CT molecular complexity index is 372. The van der Waals surface area contributed by atoms with Crippen LogP contribution in [0, 0.1) is 0 Å². The van der Waals surface area contributed by atoms with Crippen LogP contribution in [0.5, 0.6) is 0 Å². The summed E-state index contributed by atoms with van der Waals surface area (Å²) in [7, 11) is 0. The SMILES string of the molecule is CCC1(c2ncncc2C(=O)O)CC1. The van der Waals surface area contributed by atoms with E-state index in [9.17, 15) is 4.79 Å². The minimum atomic E-state index is -0.930. The highest BCUT2D eigenvalue weighted by molar-refractivity contribution is 5.89. The summed E-state index contributed by atoms with van der Waals surface area (Å²) in [5, 5.41) is 8.97. The fraction of sp³-hybridized carbons (Fsp3) is 0.500. The van der Waals surface area contributed by atoms with Gasteiger partial charge in [-0.25, -0.2) is 14.8 Å². The highest BCUT2D eigenvalue weighted by Gasteiger charge is 2.46. The van der Waals surface area contributed by atoms with Crippen molar-refractivity contribution in [1.29, 1.82) is 0 Å². The maximum Gasteiger partial charge on any atom is 0.339 e. The molecular weight excluding hydrogens is 180 g/mol. The van der Waals surface area contributed by atoms with Crippen LogP contribution in [0.2, 0.25) is 0 Å². The molecule has 1 fully saturated rings. The van der Waals surface area contributed by atoms with Gasteiger partial charge in [0.1, 0.15) is 6.33 Å². The Morgan fingerprint density at radius 1 is 1.64 bits per heavy atom. The van der Waals surface area contributed by atoms with Gasteiger partial charge in [0.25, 0.3) is 0 Å². The molecule has 4 nitrogen and oxygen atoms in total. The van der Waals surface area contributed by atoms with Gasteiger partial charge in [-0.3, -0.25) is 0 Å². The van der Waals surface area contributed by atoms with Crippen molar-refractivity contribution in [2.24, 2.45) is 0 Å². The summed E-state index contributed by atoms with van der Waals surface area (Å²) < 4.78 is 0. The molecule has 1 saturated carbocycles. The molecule has 0 radical (unpaired) electrons. The fourth-order valence-corrected chi connectivity index (χ4v) is 1.82. The predicted octanol–water partition coefficient (Wildman–Crippen LogP) is 1.62. The van der Waals surface area contributed by atoms with E-state index in [1.807, 2.05) is 0 Å². The number of carboxylic acids is 1. The lowest BCUT2D eigenvalue weighted by molar-refractivity contribution is 0.0693. The van der Waals surface area contributed by atoms with E-state index in [4.69, 9.17) is 5.11 Å². The van der Waals surface area contributed by atoms with Crippen LogP contribution in [-0.4, -0.2) is 21.0 Å². The second kappa shape index (κ2) is 3.04. The molecule has 0 unspecified atom stereocenters. The van der Waals surface area contributed by atoms with Crippen molar-refractivity contribution in [1.82, 2.24) is 9.97 Å². The van der Waals surface area contributed by atoms with Crippen molar-refractivity contribution in [3.63, 3.8) is 0 Å². The van der Waals surface area contributed by atoms with Gasteiger partial charge in [0.2, 0.25) is 0 Å². The molecule has 0 aliphatic heterocycles. The average Bonchev–Trinajstić information content (AvgIpc) is 2.98. The van der Waals surface area contributed by atoms with Crippen LogP contribution in [0.1, 0.15) is 42.2 Å². The third kappa shape index (κ3) is 1.27. The van der Waals surface area contributed by atoms with Gasteiger partial charge < -0.3 is 5.11 Å². The maximum absolute atomic E-state index is 10.9. The van der Waals surface area contributed by atoms with E-state index in [0.29, 0.717) is 5.69 Å². The summed E-state index contributed by atoms with van der Waals surface area (Å²) in [6.07, 6.45) is 5.85. The molecule has 1 aliphatic carbocycles. The van der Waals surface area contributed by atoms with Gasteiger partial charge in [-0.2, -0.15) is 0 Å². The Morgan fingerprint density at radius 2 is 2.36 bits per heavy atom. The van der Waals surface area contributed by atoms with E-state index in [2.05, 4.69) is 16.9 Å². The highest BCUT2D eigenvalue weighted by atomic mass is 16.4. The van der Waals surface area contributed by atoms with Gasteiger partial charge in [0, 0.05) is 11.6 Å². The van der Waals surface area contributed by atoms with E-state index in [1.54, 1.807) is 0 Å². The first-order chi connectivity index (χ1) is 6.69. The van der Waals surface area contributed by atoms with E-state index in [1.165, 1.54) is 12.5 Å². The number of hydrogen-bond donors (Lipinski definition) is 1. The van der Waals surface area contributed by atoms with Crippen LogP contribution in [0.25, 0.3) is 0 Å². The van der Waals surface area contributed by atoms with Gasteiger partial charge in [0.05, 0.1) is 11.3 Å². The predicted molar refractivity (Wildman–Crippen MR) is 50.2 cm³/mol. The lowest BCUT2D eigenvalue weighted by Crippen LogP contribution is -2.14. The summed E-state index contributed by atoms with van der Waals surface area (Å²) in [5.74, 6) is -0.930. The second-order valence-corrected chi connectivity index (χ2v) is 3.72. The third-order valence-electron chi connectivity index (χ3n) is 2.98. The summed E-state index contributed by atoms with van der Waals surface area (Å²) in [4.78, 5) is 18.8. The van der Waals surface area contributed by atoms with E-state index < -0.39 is 5.97 Å². The van der Waals surface area contributed by atoms with Crippen molar-refractivity contribution in [2.75, 3.05) is 0 Å². The number of rotatable bonds is 3. The monoisotopic (exact) mass is 192 g/mol. The van der Waals surface area contributed by atoms with Gasteiger partial charge in [-0.05, 0) is 19.3 Å². The van der Waals surface area contributed by atoms with Gasteiger partial charge in [0.15, 0.2) is 0 Å². The van der Waals surface area contributed by atoms with Crippen LogP contribution >= 0.6 is 0 Å². The summed E-state index contributed by atoms with van der Waals surface area (Å²) in [5.41, 5.74) is 0.991. The minimum Gasteiger partial charge on any atom is -0.478 e. The third-order valence-corrected chi connectivity index (χ3v) is 2.98. The number of aromatic carboxylic acids is 1. The first kappa shape index (κ1) is 9.12. The second-order valence-electron chi connectivity index (χ2n) is 3.72. The van der Waals surface area contributed by atoms with E-state index in [0.717, 1.165) is 19.3 Å². The first-order valence-electron chi connectivity index (χ1n) is 4.73. The molecule has 1 aromatic heterocycles. The Morgan fingerprint density at radius 3 is 2.86 bits per heavy atom. The maximum atomic E-state index is 10.9. The quantitative estimate of drug-likeness (QED) is 0.790. The van der Waals surface area contributed by atoms with Crippen molar-refractivity contribution in [3.8, 4) is 0 Å². The van der Waals surface area contributed by atoms with Crippen molar-refractivity contribution < 1.29 is 9.90 Å². The Hall–Kier alpha value is -1.45. The molecule has 0 bridgehead atoms.